The molecule has 4 rings (SSSR count). The lowest BCUT2D eigenvalue weighted by atomic mass is 9.89. The molecule has 3 heterocycles. The predicted molar refractivity (Wildman–Crippen MR) is 101 cm³/mol. The molecule has 8 heteroatoms. The van der Waals surface area contributed by atoms with E-state index in [0.717, 1.165) is 42.5 Å². The summed E-state index contributed by atoms with van der Waals surface area (Å²) in [5, 5.41) is 6.21. The molecular weight excluding hydrogens is 346 g/mol. The minimum absolute atomic E-state index is 0.0379. The molecule has 1 aromatic heterocycles. The van der Waals surface area contributed by atoms with Gasteiger partial charge in [-0.05, 0) is 37.0 Å². The van der Waals surface area contributed by atoms with Crippen molar-refractivity contribution in [3.8, 4) is 0 Å². The van der Waals surface area contributed by atoms with Crippen LogP contribution in [0.1, 0.15) is 24.8 Å². The highest BCUT2D eigenvalue weighted by Gasteiger charge is 2.33. The summed E-state index contributed by atoms with van der Waals surface area (Å²) in [7, 11) is 0. The zero-order valence-electron chi connectivity index (χ0n) is 15.2. The molecule has 2 aliphatic rings. The Kier molecular flexibility index (Phi) is 4.98. The Morgan fingerprint density at radius 2 is 1.81 bits per heavy atom. The van der Waals surface area contributed by atoms with Crippen molar-refractivity contribution in [1.29, 1.82) is 0 Å². The smallest absolute Gasteiger partial charge is 0.323 e. The molecule has 27 heavy (non-hydrogen) atoms. The first-order chi connectivity index (χ1) is 13.1. The van der Waals surface area contributed by atoms with Crippen molar-refractivity contribution in [1.82, 2.24) is 25.5 Å². The highest BCUT2D eigenvalue weighted by Crippen LogP contribution is 2.21. The molecule has 2 fully saturated rings. The fourth-order valence-electron chi connectivity index (χ4n) is 4.05. The number of imidazole rings is 1. The summed E-state index contributed by atoms with van der Waals surface area (Å²) in [6.45, 7) is 3.32. The average Bonchev–Trinajstić information content (AvgIpc) is 3.34. The number of fused-ring (bicyclic) bond motifs is 1. The average molecular weight is 371 g/mol. The van der Waals surface area contributed by atoms with Crippen LogP contribution in [0.25, 0.3) is 11.0 Å². The second-order valence-electron chi connectivity index (χ2n) is 7.50. The van der Waals surface area contributed by atoms with Gasteiger partial charge < -0.3 is 25.5 Å². The number of hydrogen-bond donors (Lipinski definition) is 4. The molecule has 0 radical (unpaired) electrons. The van der Waals surface area contributed by atoms with E-state index in [-0.39, 0.29) is 29.3 Å². The van der Waals surface area contributed by atoms with Crippen LogP contribution in [0.15, 0.2) is 23.0 Å². The van der Waals surface area contributed by atoms with Crippen LogP contribution in [-0.4, -0.2) is 52.9 Å². The zero-order chi connectivity index (χ0) is 18.8. The number of hydrogen-bond acceptors (Lipinski definition) is 4. The third-order valence-corrected chi connectivity index (χ3v) is 5.54. The van der Waals surface area contributed by atoms with E-state index in [2.05, 4.69) is 20.6 Å². The number of rotatable bonds is 4. The van der Waals surface area contributed by atoms with Crippen molar-refractivity contribution >= 4 is 22.8 Å². The van der Waals surface area contributed by atoms with Crippen molar-refractivity contribution in [2.45, 2.75) is 25.8 Å². The van der Waals surface area contributed by atoms with E-state index in [9.17, 15) is 14.4 Å². The first kappa shape index (κ1) is 17.8. The maximum Gasteiger partial charge on any atom is 0.323 e. The van der Waals surface area contributed by atoms with E-state index < -0.39 is 0 Å². The number of likely N-dealkylation sites (tertiary alicyclic amines) is 1. The quantitative estimate of drug-likeness (QED) is 0.620. The lowest BCUT2D eigenvalue weighted by Gasteiger charge is -2.31. The topological polar surface area (TPSA) is 110 Å². The number of aromatic nitrogens is 2. The molecule has 0 unspecified atom stereocenters. The summed E-state index contributed by atoms with van der Waals surface area (Å²) in [6, 6.07) is 5.55. The van der Waals surface area contributed by atoms with Gasteiger partial charge in [-0.25, -0.2) is 4.79 Å². The summed E-state index contributed by atoms with van der Waals surface area (Å²) in [5.41, 5.74) is 2.14. The molecule has 144 valence electrons. The van der Waals surface area contributed by atoms with E-state index >= 15 is 0 Å². The fraction of sp³-hybridized carbons (Fsp3) is 0.526. The predicted octanol–water partition coefficient (Wildman–Crippen LogP) is 0.320. The molecule has 1 aromatic carbocycles. The second-order valence-corrected chi connectivity index (χ2v) is 7.50. The molecular formula is C19H25N5O3. The molecule has 2 atom stereocenters. The van der Waals surface area contributed by atoms with Crippen molar-refractivity contribution < 1.29 is 9.59 Å². The molecule has 4 N–H and O–H groups in total. The molecule has 2 saturated heterocycles. The summed E-state index contributed by atoms with van der Waals surface area (Å²) in [4.78, 5) is 43.9. The van der Waals surface area contributed by atoms with Crippen molar-refractivity contribution in [3.63, 3.8) is 0 Å². The van der Waals surface area contributed by atoms with Crippen LogP contribution >= 0.6 is 0 Å². The largest absolute Gasteiger partial charge is 0.352 e. The van der Waals surface area contributed by atoms with Crippen LogP contribution in [0, 0.1) is 11.8 Å². The monoisotopic (exact) mass is 371 g/mol. The van der Waals surface area contributed by atoms with Gasteiger partial charge in [-0.15, -0.1) is 0 Å². The van der Waals surface area contributed by atoms with Crippen molar-refractivity contribution in [3.05, 3.63) is 34.2 Å². The maximum absolute atomic E-state index is 12.6. The van der Waals surface area contributed by atoms with Gasteiger partial charge in [-0.3, -0.25) is 9.59 Å². The number of nitrogens with zero attached hydrogens (tertiary/aromatic N) is 1. The van der Waals surface area contributed by atoms with Gasteiger partial charge in [0.15, 0.2) is 0 Å². The Labute approximate surface area is 156 Å². The van der Waals surface area contributed by atoms with Crippen molar-refractivity contribution in [2.24, 2.45) is 11.8 Å². The normalized spacial score (nSPS) is 22.9. The van der Waals surface area contributed by atoms with Gasteiger partial charge in [0.25, 0.3) is 0 Å². The number of piperidine rings is 1. The van der Waals surface area contributed by atoms with Crippen LogP contribution in [0.3, 0.4) is 0 Å². The first-order valence-corrected chi connectivity index (χ1v) is 9.58. The highest BCUT2D eigenvalue weighted by molar-refractivity contribution is 5.83. The third-order valence-electron chi connectivity index (χ3n) is 5.54. The standard InChI is InChI=1S/C19H25N5O3/c25-17(21-9-12-3-4-15-16(7-12)23-19(27)22-15)13-8-14(11-20-10-13)18(26)24-5-1-2-6-24/h3-4,7,13-14,20H,1-2,5-6,8-11H2,(H,21,25)(H2,22,23,27)/t13-,14-/m1/s1. The number of carbonyl (C=O) groups excluding carboxylic acids is 2. The first-order valence-electron chi connectivity index (χ1n) is 9.58. The summed E-state index contributed by atoms with van der Waals surface area (Å²) >= 11 is 0. The molecule has 0 aliphatic carbocycles. The Balaban J connectivity index is 1.34. The van der Waals surface area contributed by atoms with Gasteiger partial charge >= 0.3 is 5.69 Å². The number of nitrogens with one attached hydrogen (secondary N) is 4. The van der Waals surface area contributed by atoms with E-state index in [1.165, 1.54) is 0 Å². The van der Waals surface area contributed by atoms with Gasteiger partial charge in [0, 0.05) is 32.7 Å². The number of amides is 2. The van der Waals surface area contributed by atoms with Crippen LogP contribution in [0.5, 0.6) is 0 Å². The van der Waals surface area contributed by atoms with Gasteiger partial charge in [-0.1, -0.05) is 6.07 Å². The van der Waals surface area contributed by atoms with E-state index in [1.807, 2.05) is 23.1 Å². The number of carbonyl (C=O) groups is 2. The SMILES string of the molecule is O=C(NCc1ccc2[nH]c(=O)[nH]c2c1)[C@H]1CNC[C@H](C(=O)N2CCCC2)C1. The highest BCUT2D eigenvalue weighted by atomic mass is 16.2. The lowest BCUT2D eigenvalue weighted by Crippen LogP contribution is -2.48. The number of H-pyrrole nitrogens is 2. The Morgan fingerprint density at radius 3 is 2.63 bits per heavy atom. The zero-order valence-corrected chi connectivity index (χ0v) is 15.2. The minimum atomic E-state index is -0.242. The molecule has 0 bridgehead atoms. The van der Waals surface area contributed by atoms with Gasteiger partial charge in [0.1, 0.15) is 0 Å². The van der Waals surface area contributed by atoms with E-state index in [4.69, 9.17) is 0 Å². The van der Waals surface area contributed by atoms with Gasteiger partial charge in [0.2, 0.25) is 11.8 Å². The summed E-state index contributed by atoms with van der Waals surface area (Å²) < 4.78 is 0. The molecule has 0 spiro atoms. The van der Waals surface area contributed by atoms with Crippen LogP contribution in [-0.2, 0) is 16.1 Å². The summed E-state index contributed by atoms with van der Waals surface area (Å²) in [5.74, 6) is -0.177. The maximum atomic E-state index is 12.6. The molecule has 2 aromatic rings. The van der Waals surface area contributed by atoms with Crippen molar-refractivity contribution in [2.75, 3.05) is 26.2 Å². The molecule has 2 amide bonds. The van der Waals surface area contributed by atoms with Gasteiger partial charge in [0.05, 0.1) is 22.9 Å². The molecule has 8 nitrogen and oxygen atoms in total. The minimum Gasteiger partial charge on any atom is -0.352 e. The third kappa shape index (κ3) is 3.90. The fourth-order valence-corrected chi connectivity index (χ4v) is 4.05. The Bertz CT molecular complexity index is 896. The lowest BCUT2D eigenvalue weighted by molar-refractivity contribution is -0.136. The number of aromatic amines is 2. The second kappa shape index (κ2) is 7.56. The van der Waals surface area contributed by atoms with Crippen LogP contribution in [0.4, 0.5) is 0 Å². The number of benzene rings is 1. The summed E-state index contributed by atoms with van der Waals surface area (Å²) in [6.07, 6.45) is 2.75. The van der Waals surface area contributed by atoms with Crippen LogP contribution in [0.2, 0.25) is 0 Å². The Hall–Kier alpha value is -2.61. The van der Waals surface area contributed by atoms with Gasteiger partial charge in [-0.2, -0.15) is 0 Å². The van der Waals surface area contributed by atoms with E-state index in [1.54, 1.807) is 0 Å². The van der Waals surface area contributed by atoms with Crippen LogP contribution < -0.4 is 16.3 Å². The Morgan fingerprint density at radius 1 is 1.07 bits per heavy atom. The molecule has 2 aliphatic heterocycles. The molecule has 0 saturated carbocycles. The van der Waals surface area contributed by atoms with E-state index in [0.29, 0.717) is 26.1 Å².